The van der Waals surface area contributed by atoms with Crippen molar-refractivity contribution in [3.8, 4) is 22.7 Å². The topological polar surface area (TPSA) is 85.4 Å². The first-order valence-corrected chi connectivity index (χ1v) is 14.0. The Labute approximate surface area is 251 Å². The van der Waals surface area contributed by atoms with Gasteiger partial charge in [-0.2, -0.15) is 18.3 Å². The lowest BCUT2D eigenvalue weighted by molar-refractivity contribution is -0.137. The van der Waals surface area contributed by atoms with Gasteiger partial charge in [0, 0.05) is 30.6 Å². The number of amides is 2. The van der Waals surface area contributed by atoms with Gasteiger partial charge in [-0.05, 0) is 54.8 Å². The van der Waals surface area contributed by atoms with Crippen LogP contribution < -0.4 is 20.7 Å². The molecule has 5 rings (SSSR count). The summed E-state index contributed by atoms with van der Waals surface area (Å²) in [6.07, 6.45) is -4.06. The van der Waals surface area contributed by atoms with Crippen molar-refractivity contribution in [2.75, 3.05) is 23.4 Å². The Hall–Kier alpha value is -4.25. The number of carbonyl (C=O) groups is 1. The van der Waals surface area contributed by atoms with Crippen molar-refractivity contribution in [3.63, 3.8) is 0 Å². The molecule has 0 saturated heterocycles. The van der Waals surface area contributed by atoms with Gasteiger partial charge in [0.2, 0.25) is 0 Å². The first-order valence-electron chi connectivity index (χ1n) is 13.6. The van der Waals surface area contributed by atoms with Gasteiger partial charge in [0.25, 0.3) is 0 Å². The van der Waals surface area contributed by atoms with E-state index in [1.54, 1.807) is 10.7 Å². The van der Waals surface area contributed by atoms with E-state index in [2.05, 4.69) is 5.32 Å². The number of ether oxygens (including phenoxy) is 1. The van der Waals surface area contributed by atoms with E-state index in [1.807, 2.05) is 43.9 Å². The molecule has 0 fully saturated rings. The molecule has 0 aliphatic carbocycles. The van der Waals surface area contributed by atoms with Crippen molar-refractivity contribution in [2.45, 2.75) is 39.9 Å². The van der Waals surface area contributed by atoms with Crippen molar-refractivity contribution in [2.24, 2.45) is 11.7 Å². The summed E-state index contributed by atoms with van der Waals surface area (Å²) in [5.41, 5.74) is 8.86. The molecule has 2 amide bonds. The lowest BCUT2D eigenvalue weighted by Crippen LogP contribution is -2.30. The van der Waals surface area contributed by atoms with E-state index in [-0.39, 0.29) is 23.2 Å². The van der Waals surface area contributed by atoms with Gasteiger partial charge in [0.1, 0.15) is 17.3 Å². The average Bonchev–Trinajstić information content (AvgIpc) is 3.30. The molecule has 7 nitrogen and oxygen atoms in total. The summed E-state index contributed by atoms with van der Waals surface area (Å²) in [5, 5.41) is 7.20. The third-order valence-corrected chi connectivity index (χ3v) is 7.44. The molecule has 43 heavy (non-hydrogen) atoms. The van der Waals surface area contributed by atoms with Gasteiger partial charge < -0.3 is 20.7 Å². The predicted octanol–water partition coefficient (Wildman–Crippen LogP) is 7.75. The highest BCUT2D eigenvalue weighted by atomic mass is 35.5. The molecular weight excluding hydrogens is 586 g/mol. The van der Waals surface area contributed by atoms with Gasteiger partial charge in [-0.15, -0.1) is 0 Å². The SMILES string of the molecule is Cc1cccc(OCC(C)C)c1-n1nc2c(c1-c1ccc(NC(N)=O)c(F)c1)CN(c1ccc(C(F)(F)F)cc1Cl)CC2. The fourth-order valence-corrected chi connectivity index (χ4v) is 5.45. The number of aryl methyl sites for hydroxylation is 1. The maximum Gasteiger partial charge on any atom is 0.416 e. The number of nitrogens with one attached hydrogen (secondary N) is 1. The van der Waals surface area contributed by atoms with Crippen LogP contribution in [0.15, 0.2) is 54.6 Å². The van der Waals surface area contributed by atoms with Crippen LogP contribution in [0, 0.1) is 18.7 Å². The minimum atomic E-state index is -4.52. The number of rotatable bonds is 7. The number of primary amides is 1. The summed E-state index contributed by atoms with van der Waals surface area (Å²) in [7, 11) is 0. The zero-order valence-electron chi connectivity index (χ0n) is 23.7. The van der Waals surface area contributed by atoms with Crippen LogP contribution in [0.1, 0.15) is 36.2 Å². The molecule has 226 valence electrons. The van der Waals surface area contributed by atoms with Crippen LogP contribution in [0.4, 0.5) is 33.7 Å². The highest BCUT2D eigenvalue weighted by molar-refractivity contribution is 6.33. The summed E-state index contributed by atoms with van der Waals surface area (Å²) in [6.45, 7) is 7.19. The van der Waals surface area contributed by atoms with E-state index >= 15 is 4.39 Å². The average molecular weight is 616 g/mol. The number of alkyl halides is 3. The number of anilines is 2. The van der Waals surface area contributed by atoms with Crippen molar-refractivity contribution < 1.29 is 27.1 Å². The van der Waals surface area contributed by atoms with E-state index < -0.39 is 23.6 Å². The fourth-order valence-electron chi connectivity index (χ4n) is 5.15. The number of hydrogen-bond acceptors (Lipinski definition) is 4. The predicted molar refractivity (Wildman–Crippen MR) is 158 cm³/mol. The van der Waals surface area contributed by atoms with Crippen molar-refractivity contribution in [1.29, 1.82) is 0 Å². The summed E-state index contributed by atoms with van der Waals surface area (Å²) >= 11 is 6.36. The largest absolute Gasteiger partial charge is 0.491 e. The van der Waals surface area contributed by atoms with Crippen molar-refractivity contribution >= 4 is 29.0 Å². The second-order valence-corrected chi connectivity index (χ2v) is 11.2. The van der Waals surface area contributed by atoms with E-state index in [1.165, 1.54) is 18.2 Å². The van der Waals surface area contributed by atoms with Gasteiger partial charge in [-0.1, -0.05) is 43.6 Å². The molecule has 0 atom stereocenters. The monoisotopic (exact) mass is 615 g/mol. The number of fused-ring (bicyclic) bond motifs is 1. The second kappa shape index (κ2) is 11.8. The normalized spacial score (nSPS) is 13.3. The number of para-hydroxylation sites is 1. The molecule has 2 heterocycles. The highest BCUT2D eigenvalue weighted by Gasteiger charge is 2.33. The molecule has 0 radical (unpaired) electrons. The Bertz CT molecular complexity index is 1690. The van der Waals surface area contributed by atoms with Crippen molar-refractivity contribution in [3.05, 3.63) is 87.8 Å². The Morgan fingerprint density at radius 2 is 1.93 bits per heavy atom. The van der Waals surface area contributed by atoms with E-state index in [0.717, 1.165) is 29.0 Å². The van der Waals surface area contributed by atoms with Gasteiger partial charge in [-0.25, -0.2) is 13.9 Å². The Morgan fingerprint density at radius 3 is 2.58 bits per heavy atom. The van der Waals surface area contributed by atoms with Crippen LogP contribution in [-0.2, 0) is 19.1 Å². The van der Waals surface area contributed by atoms with Crippen LogP contribution in [-0.4, -0.2) is 29.0 Å². The van der Waals surface area contributed by atoms with E-state index in [9.17, 15) is 18.0 Å². The quantitative estimate of drug-likeness (QED) is 0.208. The number of urea groups is 1. The molecule has 4 aromatic rings. The summed E-state index contributed by atoms with van der Waals surface area (Å²) in [5.74, 6) is 0.169. The molecule has 12 heteroatoms. The Balaban J connectivity index is 1.66. The molecular formula is C31H30ClF4N5O2. The molecule has 1 aliphatic heterocycles. The van der Waals surface area contributed by atoms with Crippen LogP contribution in [0.5, 0.6) is 5.75 Å². The zero-order chi connectivity index (χ0) is 31.1. The number of nitrogens with zero attached hydrogens (tertiary/aromatic N) is 3. The number of carbonyl (C=O) groups excluding carboxylic acids is 1. The third-order valence-electron chi connectivity index (χ3n) is 7.14. The van der Waals surface area contributed by atoms with Gasteiger partial charge in [-0.3, -0.25) is 0 Å². The molecule has 1 aliphatic rings. The lowest BCUT2D eigenvalue weighted by Gasteiger charge is -2.30. The molecule has 3 N–H and O–H groups in total. The maximum absolute atomic E-state index is 15.2. The van der Waals surface area contributed by atoms with Crippen molar-refractivity contribution in [1.82, 2.24) is 9.78 Å². The third kappa shape index (κ3) is 6.27. The Kier molecular flexibility index (Phi) is 8.29. The minimum absolute atomic E-state index is 0.0246. The minimum Gasteiger partial charge on any atom is -0.491 e. The second-order valence-electron chi connectivity index (χ2n) is 10.8. The number of nitrogens with two attached hydrogens (primary N) is 1. The maximum atomic E-state index is 15.2. The molecule has 3 aromatic carbocycles. The van der Waals surface area contributed by atoms with Crippen LogP contribution in [0.25, 0.3) is 16.9 Å². The highest BCUT2D eigenvalue weighted by Crippen LogP contribution is 2.41. The number of aromatic nitrogens is 2. The van der Waals surface area contributed by atoms with E-state index in [0.29, 0.717) is 48.0 Å². The molecule has 0 saturated carbocycles. The molecule has 0 bridgehead atoms. The first kappa shape index (κ1) is 30.2. The number of halogens is 5. The van der Waals surface area contributed by atoms with Crippen LogP contribution >= 0.6 is 11.6 Å². The van der Waals surface area contributed by atoms with Gasteiger partial charge >= 0.3 is 12.2 Å². The zero-order valence-corrected chi connectivity index (χ0v) is 24.5. The summed E-state index contributed by atoms with van der Waals surface area (Å²) < 4.78 is 63.0. The Morgan fingerprint density at radius 1 is 1.16 bits per heavy atom. The molecule has 0 unspecified atom stereocenters. The summed E-state index contributed by atoms with van der Waals surface area (Å²) in [4.78, 5) is 13.2. The van der Waals surface area contributed by atoms with Crippen LogP contribution in [0.3, 0.4) is 0 Å². The summed E-state index contributed by atoms with van der Waals surface area (Å²) in [6, 6.07) is 12.4. The van der Waals surface area contributed by atoms with E-state index in [4.69, 9.17) is 27.2 Å². The van der Waals surface area contributed by atoms with Gasteiger partial charge in [0.15, 0.2) is 0 Å². The number of hydrogen-bond donors (Lipinski definition) is 2. The first-order chi connectivity index (χ1) is 20.3. The smallest absolute Gasteiger partial charge is 0.416 e. The molecule has 0 spiro atoms. The standard InChI is InChI=1S/C31H30ClF4N5O2/c1-17(2)16-43-27-6-4-5-18(3)28(27)41-29(19-7-9-25(23(33)13-19)38-30(37)42)21-15-40(12-11-24(21)39-41)26-10-8-20(14-22(26)32)31(34,35)36/h4-10,13-14,17H,11-12,15-16H2,1-3H3,(H3,37,38,42). The lowest BCUT2D eigenvalue weighted by atomic mass is 9.99. The number of benzene rings is 3. The molecule has 1 aromatic heterocycles. The van der Waals surface area contributed by atoms with Crippen LogP contribution in [0.2, 0.25) is 5.02 Å². The fraction of sp³-hybridized carbons (Fsp3) is 0.290. The van der Waals surface area contributed by atoms with Gasteiger partial charge in [0.05, 0.1) is 40.0 Å².